The number of rotatable bonds is 11. The van der Waals surface area contributed by atoms with E-state index in [9.17, 15) is 0 Å². The molecule has 0 aromatic carbocycles. The van der Waals surface area contributed by atoms with E-state index in [0.29, 0.717) is 32.5 Å². The summed E-state index contributed by atoms with van der Waals surface area (Å²) in [7, 11) is 1.69. The maximum absolute atomic E-state index is 6.27. The van der Waals surface area contributed by atoms with Crippen LogP contribution < -0.4 is 5.32 Å². The fourth-order valence-corrected chi connectivity index (χ4v) is 2.94. The second-order valence-corrected chi connectivity index (χ2v) is 6.52. The van der Waals surface area contributed by atoms with Gasteiger partial charge in [0.1, 0.15) is 0 Å². The third-order valence-corrected chi connectivity index (χ3v) is 4.49. The van der Waals surface area contributed by atoms with Crippen LogP contribution in [0.1, 0.15) is 52.9 Å². The maximum atomic E-state index is 6.27. The molecular formula is C17H35NO3. The quantitative estimate of drug-likeness (QED) is 0.596. The van der Waals surface area contributed by atoms with Crippen molar-refractivity contribution in [2.24, 2.45) is 5.92 Å². The Balaban J connectivity index is 2.34. The van der Waals surface area contributed by atoms with Crippen molar-refractivity contribution in [1.29, 1.82) is 0 Å². The molecule has 0 amide bonds. The van der Waals surface area contributed by atoms with Crippen molar-refractivity contribution >= 4 is 0 Å². The molecule has 4 heteroatoms. The maximum Gasteiger partial charge on any atom is 0.0807 e. The Kier molecular flexibility index (Phi) is 9.49. The largest absolute Gasteiger partial charge is 0.382 e. The van der Waals surface area contributed by atoms with E-state index in [1.165, 1.54) is 32.1 Å². The molecule has 0 aromatic heterocycles. The number of nitrogens with one attached hydrogen (secondary N) is 1. The van der Waals surface area contributed by atoms with Crippen molar-refractivity contribution in [1.82, 2.24) is 5.32 Å². The van der Waals surface area contributed by atoms with E-state index < -0.39 is 0 Å². The zero-order valence-corrected chi connectivity index (χ0v) is 14.5. The minimum absolute atomic E-state index is 0.0144. The van der Waals surface area contributed by atoms with Gasteiger partial charge in [-0.05, 0) is 31.6 Å². The number of ether oxygens (including phenoxy) is 3. The van der Waals surface area contributed by atoms with Crippen molar-refractivity contribution in [3.05, 3.63) is 0 Å². The van der Waals surface area contributed by atoms with Gasteiger partial charge in [-0.2, -0.15) is 0 Å². The molecule has 1 rings (SSSR count). The molecule has 0 bridgehead atoms. The first-order valence-electron chi connectivity index (χ1n) is 8.56. The lowest BCUT2D eigenvalue weighted by Crippen LogP contribution is -2.48. The summed E-state index contributed by atoms with van der Waals surface area (Å²) in [6.07, 6.45) is 6.22. The van der Waals surface area contributed by atoms with Crippen molar-refractivity contribution < 1.29 is 14.2 Å². The highest BCUT2D eigenvalue weighted by molar-refractivity contribution is 4.89. The van der Waals surface area contributed by atoms with Crippen LogP contribution in [0, 0.1) is 5.92 Å². The van der Waals surface area contributed by atoms with Crippen LogP contribution in [-0.2, 0) is 14.2 Å². The van der Waals surface area contributed by atoms with Crippen LogP contribution in [0.4, 0.5) is 0 Å². The van der Waals surface area contributed by atoms with E-state index in [-0.39, 0.29) is 5.60 Å². The van der Waals surface area contributed by atoms with E-state index in [2.05, 4.69) is 26.1 Å². The molecule has 1 aliphatic carbocycles. The summed E-state index contributed by atoms with van der Waals surface area (Å²) in [6, 6.07) is 0.507. The normalized spacial score (nSPS) is 26.4. The first-order valence-corrected chi connectivity index (χ1v) is 8.56. The summed E-state index contributed by atoms with van der Waals surface area (Å²) >= 11 is 0. The lowest BCUT2D eigenvalue weighted by molar-refractivity contribution is -0.0953. The number of hydrogen-bond acceptors (Lipinski definition) is 4. The summed E-state index contributed by atoms with van der Waals surface area (Å²) in [6.45, 7) is 10.3. The molecule has 1 N–H and O–H groups in total. The Morgan fingerprint density at radius 3 is 2.33 bits per heavy atom. The molecule has 0 aromatic rings. The van der Waals surface area contributed by atoms with Crippen LogP contribution >= 0.6 is 0 Å². The molecule has 0 heterocycles. The van der Waals surface area contributed by atoms with E-state index in [4.69, 9.17) is 14.2 Å². The second-order valence-electron chi connectivity index (χ2n) is 6.52. The van der Waals surface area contributed by atoms with Crippen molar-refractivity contribution in [2.75, 3.05) is 40.1 Å². The van der Waals surface area contributed by atoms with Gasteiger partial charge in [-0.25, -0.2) is 0 Å². The van der Waals surface area contributed by atoms with Crippen LogP contribution in [0.2, 0.25) is 0 Å². The summed E-state index contributed by atoms with van der Waals surface area (Å²) in [5, 5.41) is 3.56. The summed E-state index contributed by atoms with van der Waals surface area (Å²) in [4.78, 5) is 0. The van der Waals surface area contributed by atoms with Gasteiger partial charge < -0.3 is 19.5 Å². The van der Waals surface area contributed by atoms with Crippen LogP contribution in [0.15, 0.2) is 0 Å². The van der Waals surface area contributed by atoms with Crippen LogP contribution in [0.5, 0.6) is 0 Å². The number of hydrogen-bond donors (Lipinski definition) is 1. The monoisotopic (exact) mass is 301 g/mol. The average molecular weight is 301 g/mol. The van der Waals surface area contributed by atoms with Crippen LogP contribution in [-0.4, -0.2) is 51.7 Å². The first-order chi connectivity index (χ1) is 10.1. The standard InChI is InChI=1S/C17H35NO3/c1-5-16-6-8-17(9-7-16,14-18-15(2)3)21-13-12-20-11-10-19-4/h15-16,18H,5-14H2,1-4H3. The summed E-state index contributed by atoms with van der Waals surface area (Å²) < 4.78 is 16.7. The Labute approximate surface area is 130 Å². The fourth-order valence-electron chi connectivity index (χ4n) is 2.94. The van der Waals surface area contributed by atoms with E-state index in [0.717, 1.165) is 12.5 Å². The Hall–Kier alpha value is -0.160. The van der Waals surface area contributed by atoms with Crippen LogP contribution in [0.25, 0.3) is 0 Å². The fraction of sp³-hybridized carbons (Fsp3) is 1.00. The zero-order chi connectivity index (χ0) is 15.6. The molecule has 0 aliphatic heterocycles. The van der Waals surface area contributed by atoms with Gasteiger partial charge in [0.15, 0.2) is 0 Å². The number of methoxy groups -OCH3 is 1. The van der Waals surface area contributed by atoms with Gasteiger partial charge >= 0.3 is 0 Å². The minimum atomic E-state index is 0.0144. The SMILES string of the molecule is CCC1CCC(CNC(C)C)(OCCOCCOC)CC1. The highest BCUT2D eigenvalue weighted by atomic mass is 16.5. The van der Waals surface area contributed by atoms with Gasteiger partial charge in [0.05, 0.1) is 32.0 Å². The molecule has 0 radical (unpaired) electrons. The smallest absolute Gasteiger partial charge is 0.0807 e. The molecule has 0 atom stereocenters. The van der Waals surface area contributed by atoms with Crippen molar-refractivity contribution in [3.63, 3.8) is 0 Å². The Morgan fingerprint density at radius 2 is 1.76 bits per heavy atom. The first kappa shape index (κ1) is 18.9. The van der Waals surface area contributed by atoms with Crippen molar-refractivity contribution in [2.45, 2.75) is 64.5 Å². The Bertz CT molecular complexity index is 250. The predicted octanol–water partition coefficient (Wildman–Crippen LogP) is 3.00. The van der Waals surface area contributed by atoms with Gasteiger partial charge in [0.25, 0.3) is 0 Å². The van der Waals surface area contributed by atoms with Crippen LogP contribution in [0.3, 0.4) is 0 Å². The van der Waals surface area contributed by atoms with Gasteiger partial charge in [0.2, 0.25) is 0 Å². The van der Waals surface area contributed by atoms with Crippen molar-refractivity contribution in [3.8, 4) is 0 Å². The molecule has 4 nitrogen and oxygen atoms in total. The molecule has 0 saturated heterocycles. The molecule has 1 fully saturated rings. The summed E-state index contributed by atoms with van der Waals surface area (Å²) in [5.41, 5.74) is 0.0144. The molecular weight excluding hydrogens is 266 g/mol. The molecule has 0 unspecified atom stereocenters. The van der Waals surface area contributed by atoms with Gasteiger partial charge in [-0.15, -0.1) is 0 Å². The molecule has 1 aliphatic rings. The van der Waals surface area contributed by atoms with Gasteiger partial charge in [-0.1, -0.05) is 27.2 Å². The van der Waals surface area contributed by atoms with Gasteiger partial charge in [0, 0.05) is 19.7 Å². The van der Waals surface area contributed by atoms with Gasteiger partial charge in [-0.3, -0.25) is 0 Å². The third kappa shape index (κ3) is 7.59. The third-order valence-electron chi connectivity index (χ3n) is 4.49. The molecule has 21 heavy (non-hydrogen) atoms. The highest BCUT2D eigenvalue weighted by Crippen LogP contribution is 2.36. The Morgan fingerprint density at radius 1 is 1.10 bits per heavy atom. The predicted molar refractivity (Wildman–Crippen MR) is 86.8 cm³/mol. The zero-order valence-electron chi connectivity index (χ0n) is 14.5. The topological polar surface area (TPSA) is 39.7 Å². The second kappa shape index (κ2) is 10.5. The lowest BCUT2D eigenvalue weighted by Gasteiger charge is -2.40. The molecule has 1 saturated carbocycles. The lowest BCUT2D eigenvalue weighted by atomic mass is 9.77. The molecule has 126 valence electrons. The summed E-state index contributed by atoms with van der Waals surface area (Å²) in [5.74, 6) is 0.888. The highest BCUT2D eigenvalue weighted by Gasteiger charge is 2.35. The van der Waals surface area contributed by atoms with E-state index >= 15 is 0 Å². The van der Waals surface area contributed by atoms with E-state index in [1.54, 1.807) is 7.11 Å². The van der Waals surface area contributed by atoms with E-state index in [1.807, 2.05) is 0 Å². The molecule has 0 spiro atoms. The minimum Gasteiger partial charge on any atom is -0.382 e. The average Bonchev–Trinajstić information content (AvgIpc) is 2.50.